The lowest BCUT2D eigenvalue weighted by atomic mass is 10.0. The van der Waals surface area contributed by atoms with Crippen molar-refractivity contribution in [3.63, 3.8) is 0 Å². The molecule has 1 fully saturated rings. The highest BCUT2D eigenvalue weighted by atomic mass is 16.6. The molecule has 0 aromatic rings. The highest BCUT2D eigenvalue weighted by Crippen LogP contribution is 2.32. The Hall–Kier alpha value is -2.03. The molecular formula is C15H26N4O6. The first-order chi connectivity index (χ1) is 11.4. The fraction of sp³-hybridized carbons (Fsp3) is 0.867. The van der Waals surface area contributed by atoms with Gasteiger partial charge in [-0.25, -0.2) is 4.79 Å². The van der Waals surface area contributed by atoms with Gasteiger partial charge in [0.15, 0.2) is 6.04 Å². The number of esters is 1. The predicted molar refractivity (Wildman–Crippen MR) is 87.5 cm³/mol. The SMILES string of the molecule is CCOC(=O)[C@H](N=[N+]=[N-])[C@@H](O)[C@@H]1COC(C)(C)N1C(=O)OC(C)(C)C. The van der Waals surface area contributed by atoms with Crippen LogP contribution in [0.15, 0.2) is 5.11 Å². The number of aliphatic hydroxyl groups is 1. The second kappa shape index (κ2) is 7.90. The minimum Gasteiger partial charge on any atom is -0.466 e. The van der Waals surface area contributed by atoms with Crippen LogP contribution in [0.5, 0.6) is 0 Å². The zero-order valence-electron chi connectivity index (χ0n) is 15.4. The fourth-order valence-electron chi connectivity index (χ4n) is 2.50. The van der Waals surface area contributed by atoms with Gasteiger partial charge in [0.25, 0.3) is 0 Å². The van der Waals surface area contributed by atoms with Crippen LogP contribution in [0.1, 0.15) is 41.5 Å². The van der Waals surface area contributed by atoms with Crippen LogP contribution in [0.3, 0.4) is 0 Å². The maximum atomic E-state index is 12.6. The van der Waals surface area contributed by atoms with Gasteiger partial charge in [-0.1, -0.05) is 5.11 Å². The van der Waals surface area contributed by atoms with Crippen LogP contribution < -0.4 is 0 Å². The Morgan fingerprint density at radius 1 is 1.48 bits per heavy atom. The summed E-state index contributed by atoms with van der Waals surface area (Å²) < 4.78 is 15.8. The van der Waals surface area contributed by atoms with Gasteiger partial charge in [-0.3, -0.25) is 9.69 Å². The van der Waals surface area contributed by atoms with Crippen molar-refractivity contribution in [1.82, 2.24) is 4.90 Å². The second-order valence-corrected chi connectivity index (χ2v) is 7.07. The van der Waals surface area contributed by atoms with E-state index in [1.165, 1.54) is 4.90 Å². The van der Waals surface area contributed by atoms with Crippen LogP contribution in [0.2, 0.25) is 0 Å². The van der Waals surface area contributed by atoms with E-state index < -0.39 is 41.6 Å². The normalized spacial score (nSPS) is 21.9. The summed E-state index contributed by atoms with van der Waals surface area (Å²) in [6.07, 6.45) is -2.22. The van der Waals surface area contributed by atoms with E-state index in [2.05, 4.69) is 10.0 Å². The Kier molecular flexibility index (Phi) is 6.64. The van der Waals surface area contributed by atoms with Crippen molar-refractivity contribution in [2.75, 3.05) is 13.2 Å². The van der Waals surface area contributed by atoms with Gasteiger partial charge in [0.1, 0.15) is 11.3 Å². The van der Waals surface area contributed by atoms with Crippen molar-refractivity contribution >= 4 is 12.1 Å². The third-order valence-electron chi connectivity index (χ3n) is 3.53. The van der Waals surface area contributed by atoms with Crippen LogP contribution in [0.4, 0.5) is 4.79 Å². The number of hydrogen-bond acceptors (Lipinski definition) is 7. The van der Waals surface area contributed by atoms with Gasteiger partial charge in [0, 0.05) is 4.91 Å². The zero-order chi connectivity index (χ0) is 19.4. The first-order valence-corrected chi connectivity index (χ1v) is 7.99. The van der Waals surface area contributed by atoms with Crippen molar-refractivity contribution in [3.05, 3.63) is 10.4 Å². The lowest BCUT2D eigenvalue weighted by molar-refractivity contribution is -0.148. The molecule has 1 rings (SSSR count). The lowest BCUT2D eigenvalue weighted by Crippen LogP contribution is -2.56. The largest absolute Gasteiger partial charge is 0.466 e. The number of aliphatic hydroxyl groups excluding tert-OH is 1. The first kappa shape index (κ1) is 21.0. The van der Waals surface area contributed by atoms with E-state index in [4.69, 9.17) is 19.7 Å². The summed E-state index contributed by atoms with van der Waals surface area (Å²) in [7, 11) is 0. The number of azide groups is 1. The highest BCUT2D eigenvalue weighted by molar-refractivity contribution is 5.77. The molecule has 0 unspecified atom stereocenters. The summed E-state index contributed by atoms with van der Waals surface area (Å²) in [5.41, 5.74) is 6.86. The minimum absolute atomic E-state index is 0.0513. The molecule has 0 radical (unpaired) electrons. The summed E-state index contributed by atoms with van der Waals surface area (Å²) >= 11 is 0. The molecule has 1 saturated heterocycles. The molecule has 1 heterocycles. The van der Waals surface area contributed by atoms with Gasteiger partial charge >= 0.3 is 12.1 Å². The average Bonchev–Trinajstić information content (AvgIpc) is 2.78. The molecule has 0 saturated carbocycles. The molecule has 0 aromatic heterocycles. The number of carbonyl (C=O) groups excluding carboxylic acids is 2. The van der Waals surface area contributed by atoms with E-state index in [9.17, 15) is 14.7 Å². The summed E-state index contributed by atoms with van der Waals surface area (Å²) in [5.74, 6) is -0.873. The Morgan fingerprint density at radius 2 is 2.08 bits per heavy atom. The maximum absolute atomic E-state index is 12.6. The van der Waals surface area contributed by atoms with Crippen LogP contribution in [0.25, 0.3) is 10.4 Å². The molecule has 10 nitrogen and oxygen atoms in total. The third-order valence-corrected chi connectivity index (χ3v) is 3.53. The lowest BCUT2D eigenvalue weighted by Gasteiger charge is -2.37. The number of ether oxygens (including phenoxy) is 3. The van der Waals surface area contributed by atoms with Crippen LogP contribution in [0, 0.1) is 0 Å². The smallest absolute Gasteiger partial charge is 0.412 e. The summed E-state index contributed by atoms with van der Waals surface area (Å²) in [6, 6.07) is -2.44. The van der Waals surface area contributed by atoms with Gasteiger partial charge in [0.2, 0.25) is 0 Å². The van der Waals surface area contributed by atoms with E-state index in [-0.39, 0.29) is 13.2 Å². The quantitative estimate of drug-likeness (QED) is 0.345. The van der Waals surface area contributed by atoms with Crippen LogP contribution in [-0.2, 0) is 19.0 Å². The molecule has 1 aliphatic rings. The number of rotatable bonds is 5. The Bertz CT molecular complexity index is 553. The van der Waals surface area contributed by atoms with Gasteiger partial charge in [-0.05, 0) is 47.1 Å². The fourth-order valence-corrected chi connectivity index (χ4v) is 2.50. The number of amides is 1. The van der Waals surface area contributed by atoms with Crippen LogP contribution in [-0.4, -0.2) is 64.8 Å². The Balaban J connectivity index is 3.12. The molecule has 3 atom stereocenters. The molecule has 142 valence electrons. The number of hydrogen-bond donors (Lipinski definition) is 1. The van der Waals surface area contributed by atoms with E-state index in [1.54, 1.807) is 41.5 Å². The van der Waals surface area contributed by atoms with Gasteiger partial charge in [-0.2, -0.15) is 0 Å². The summed E-state index contributed by atoms with van der Waals surface area (Å²) in [6.45, 7) is 10.0. The minimum atomic E-state index is -1.51. The van der Waals surface area contributed by atoms with Crippen molar-refractivity contribution in [1.29, 1.82) is 0 Å². The van der Waals surface area contributed by atoms with Crippen LogP contribution >= 0.6 is 0 Å². The molecule has 10 heteroatoms. The Labute approximate surface area is 146 Å². The van der Waals surface area contributed by atoms with Gasteiger partial charge < -0.3 is 19.3 Å². The zero-order valence-corrected chi connectivity index (χ0v) is 15.4. The van der Waals surface area contributed by atoms with Gasteiger partial charge in [-0.15, -0.1) is 0 Å². The van der Waals surface area contributed by atoms with Crippen molar-refractivity contribution in [3.8, 4) is 0 Å². The van der Waals surface area contributed by atoms with Crippen molar-refractivity contribution in [2.45, 2.75) is 71.1 Å². The van der Waals surface area contributed by atoms with Crippen molar-refractivity contribution < 1.29 is 28.9 Å². The molecular weight excluding hydrogens is 332 g/mol. The highest BCUT2D eigenvalue weighted by Gasteiger charge is 2.51. The second-order valence-electron chi connectivity index (χ2n) is 7.07. The first-order valence-electron chi connectivity index (χ1n) is 7.99. The van der Waals surface area contributed by atoms with E-state index in [0.29, 0.717) is 0 Å². The maximum Gasteiger partial charge on any atom is 0.412 e. The molecule has 25 heavy (non-hydrogen) atoms. The predicted octanol–water partition coefficient (Wildman–Crippen LogP) is 1.96. The summed E-state index contributed by atoms with van der Waals surface area (Å²) in [4.78, 5) is 28.3. The number of nitrogens with zero attached hydrogens (tertiary/aromatic N) is 4. The molecule has 1 aliphatic heterocycles. The van der Waals surface area contributed by atoms with E-state index in [1.807, 2.05) is 0 Å². The third kappa shape index (κ3) is 5.22. The number of carbonyl (C=O) groups is 2. The van der Waals surface area contributed by atoms with E-state index >= 15 is 0 Å². The van der Waals surface area contributed by atoms with E-state index in [0.717, 1.165) is 0 Å². The molecule has 1 amide bonds. The molecule has 0 bridgehead atoms. The molecule has 0 aliphatic carbocycles. The van der Waals surface area contributed by atoms with Crippen molar-refractivity contribution in [2.24, 2.45) is 5.11 Å². The Morgan fingerprint density at radius 3 is 2.56 bits per heavy atom. The monoisotopic (exact) mass is 358 g/mol. The topological polar surface area (TPSA) is 134 Å². The standard InChI is InChI=1S/C15H26N4O6/c1-7-23-12(21)10(17-18-16)11(20)9-8-24-15(5,6)19(9)13(22)25-14(2,3)4/h9-11,20H,7-8H2,1-6H3/t9-,10+,11-/m0/s1. The molecule has 1 N–H and O–H groups in total. The molecule has 0 spiro atoms. The van der Waals surface area contributed by atoms with Gasteiger partial charge in [0.05, 0.1) is 25.4 Å². The molecule has 0 aromatic carbocycles. The summed E-state index contributed by atoms with van der Waals surface area (Å²) in [5, 5.41) is 13.9. The average molecular weight is 358 g/mol.